The number of phenolic OH excluding ortho intramolecular Hbond substituents is 1. The van der Waals surface area contributed by atoms with E-state index in [4.69, 9.17) is 21.3 Å². The molecule has 8 rings (SSSR count). The summed E-state index contributed by atoms with van der Waals surface area (Å²) in [6.07, 6.45) is 6.18. The number of hydrogen-bond donors (Lipinski definition) is 2. The Kier molecular flexibility index (Phi) is 6.28. The van der Waals surface area contributed by atoms with E-state index < -0.39 is 12.0 Å². The van der Waals surface area contributed by atoms with Gasteiger partial charge in [-0.1, -0.05) is 18.5 Å². The Labute approximate surface area is 248 Å². The van der Waals surface area contributed by atoms with Gasteiger partial charge in [-0.15, -0.1) is 0 Å². The maximum Gasteiger partial charge on any atom is 0.319 e. The highest BCUT2D eigenvalue weighted by Gasteiger charge is 2.49. The minimum atomic E-state index is -0.873. The van der Waals surface area contributed by atoms with Crippen LogP contribution in [0, 0.1) is 11.7 Å². The van der Waals surface area contributed by atoms with Crippen LogP contribution in [0.2, 0.25) is 5.02 Å². The van der Waals surface area contributed by atoms with E-state index in [1.807, 2.05) is 0 Å². The van der Waals surface area contributed by atoms with E-state index in [1.54, 1.807) is 12.3 Å². The van der Waals surface area contributed by atoms with Crippen LogP contribution in [0.4, 0.5) is 14.6 Å². The van der Waals surface area contributed by atoms with Crippen molar-refractivity contribution in [3.8, 4) is 23.0 Å². The molecule has 4 aliphatic heterocycles. The van der Waals surface area contributed by atoms with Crippen LogP contribution < -0.4 is 15.0 Å². The van der Waals surface area contributed by atoms with Crippen LogP contribution in [0.3, 0.4) is 0 Å². The Morgan fingerprint density at radius 2 is 1.98 bits per heavy atom. The van der Waals surface area contributed by atoms with E-state index in [0.29, 0.717) is 52.8 Å². The lowest BCUT2D eigenvalue weighted by Crippen LogP contribution is -2.51. The third kappa shape index (κ3) is 4.40. The Bertz CT molecular complexity index is 1560. The number of alkyl halides is 1. The van der Waals surface area contributed by atoms with Gasteiger partial charge in [0.25, 0.3) is 0 Å². The van der Waals surface area contributed by atoms with Crippen molar-refractivity contribution in [3.05, 3.63) is 34.7 Å². The van der Waals surface area contributed by atoms with E-state index in [-0.39, 0.29) is 41.0 Å². The number of piperazine rings is 1. The number of aromatic nitrogens is 3. The zero-order chi connectivity index (χ0) is 28.7. The summed E-state index contributed by atoms with van der Waals surface area (Å²) >= 11 is 6.60. The fourth-order valence-corrected chi connectivity index (χ4v) is 8.39. The average molecular weight is 597 g/mol. The molecule has 0 amide bonds. The van der Waals surface area contributed by atoms with Gasteiger partial charge in [-0.05, 0) is 68.2 Å². The number of benzene rings is 1. The molecule has 5 fully saturated rings. The number of rotatable bonds is 6. The number of halogens is 3. The average Bonchev–Trinajstić information content (AvgIpc) is 3.22. The standard InChI is InChI=1S/C31H35ClF2N6O2/c1-16-7-21(16)25-22(8-20(41)9-24(25)32)27-26(34)28-23(11-35-27)29(39-13-18-3-4-19(14-39)36-18)38-30(37-28)42-15-31-5-2-6-40(31)12-17(33)10-31/h8-9,11,16-19,21,36,41H,2-7,10,12-15H2,1H3/t16?,17-,18?,19?,21?,31+/m1/s1. The van der Waals surface area contributed by atoms with Crippen LogP contribution in [0.5, 0.6) is 11.8 Å². The van der Waals surface area contributed by atoms with E-state index in [0.717, 1.165) is 57.3 Å². The fourth-order valence-electron chi connectivity index (χ4n) is 8.03. The molecule has 0 radical (unpaired) electrons. The van der Waals surface area contributed by atoms with Crippen LogP contribution in [-0.2, 0) is 0 Å². The first-order valence-electron chi connectivity index (χ1n) is 15.2. The van der Waals surface area contributed by atoms with Gasteiger partial charge < -0.3 is 20.1 Å². The lowest BCUT2D eigenvalue weighted by molar-refractivity contribution is 0.107. The van der Waals surface area contributed by atoms with Crippen molar-refractivity contribution in [2.75, 3.05) is 37.7 Å². The highest BCUT2D eigenvalue weighted by molar-refractivity contribution is 6.32. The summed E-state index contributed by atoms with van der Waals surface area (Å²) in [5, 5.41) is 15.0. The van der Waals surface area contributed by atoms with Crippen LogP contribution in [-0.4, -0.2) is 81.5 Å². The molecule has 1 aliphatic carbocycles. The third-order valence-corrected chi connectivity index (χ3v) is 10.6. The number of pyridine rings is 1. The Morgan fingerprint density at radius 3 is 2.74 bits per heavy atom. The summed E-state index contributed by atoms with van der Waals surface area (Å²) in [4.78, 5) is 18.4. The summed E-state index contributed by atoms with van der Waals surface area (Å²) in [5.74, 6) is 0.564. The van der Waals surface area contributed by atoms with Crippen molar-refractivity contribution in [1.29, 1.82) is 0 Å². The molecule has 222 valence electrons. The van der Waals surface area contributed by atoms with Crippen molar-refractivity contribution >= 4 is 28.3 Å². The first-order valence-corrected chi connectivity index (χ1v) is 15.6. The minimum absolute atomic E-state index is 0.0415. The molecular formula is C31H35ClF2N6O2. The summed E-state index contributed by atoms with van der Waals surface area (Å²) in [5.41, 5.74) is 1.14. The van der Waals surface area contributed by atoms with Crippen molar-refractivity contribution in [3.63, 3.8) is 0 Å². The first kappa shape index (κ1) is 26.8. The van der Waals surface area contributed by atoms with Gasteiger partial charge in [0.15, 0.2) is 5.82 Å². The van der Waals surface area contributed by atoms with Gasteiger partial charge in [-0.3, -0.25) is 9.88 Å². The van der Waals surface area contributed by atoms with Gasteiger partial charge in [-0.2, -0.15) is 9.97 Å². The maximum absolute atomic E-state index is 16.7. The molecule has 5 aliphatic rings. The Morgan fingerprint density at radius 1 is 1.19 bits per heavy atom. The smallest absolute Gasteiger partial charge is 0.319 e. The highest BCUT2D eigenvalue weighted by Crippen LogP contribution is 2.53. The molecule has 4 saturated heterocycles. The predicted octanol–water partition coefficient (Wildman–Crippen LogP) is 5.21. The molecule has 2 bridgehead atoms. The second kappa shape index (κ2) is 9.86. The molecule has 4 unspecified atom stereocenters. The van der Waals surface area contributed by atoms with Crippen molar-refractivity contribution in [2.24, 2.45) is 5.92 Å². The van der Waals surface area contributed by atoms with Crippen LogP contribution >= 0.6 is 11.6 Å². The van der Waals surface area contributed by atoms with Crippen LogP contribution in [0.1, 0.15) is 56.9 Å². The molecule has 1 aromatic carbocycles. The second-order valence-corrected chi connectivity index (χ2v) is 13.5. The third-order valence-electron chi connectivity index (χ3n) is 10.2. The molecule has 11 heteroatoms. The quantitative estimate of drug-likeness (QED) is 0.401. The number of anilines is 1. The molecule has 2 N–H and O–H groups in total. The number of hydrogen-bond acceptors (Lipinski definition) is 8. The van der Waals surface area contributed by atoms with Gasteiger partial charge >= 0.3 is 6.01 Å². The first-order chi connectivity index (χ1) is 20.3. The van der Waals surface area contributed by atoms with Gasteiger partial charge in [0.05, 0.1) is 10.9 Å². The largest absolute Gasteiger partial charge is 0.508 e. The van der Waals surface area contributed by atoms with E-state index >= 15 is 4.39 Å². The number of phenols is 1. The summed E-state index contributed by atoms with van der Waals surface area (Å²) in [6.45, 7) is 5.17. The summed E-state index contributed by atoms with van der Waals surface area (Å²) < 4.78 is 37.3. The summed E-state index contributed by atoms with van der Waals surface area (Å²) in [6, 6.07) is 3.83. The van der Waals surface area contributed by atoms with Gasteiger partial charge in [-0.25, -0.2) is 8.78 Å². The number of nitrogens with zero attached hydrogens (tertiary/aromatic N) is 5. The molecule has 42 heavy (non-hydrogen) atoms. The normalized spacial score (nSPS) is 32.1. The number of fused-ring (bicyclic) bond motifs is 4. The monoisotopic (exact) mass is 596 g/mol. The molecule has 1 saturated carbocycles. The van der Waals surface area contributed by atoms with Crippen molar-refractivity contribution < 1.29 is 18.6 Å². The van der Waals surface area contributed by atoms with Gasteiger partial charge in [0.2, 0.25) is 0 Å². The van der Waals surface area contributed by atoms with Crippen molar-refractivity contribution in [1.82, 2.24) is 25.2 Å². The molecule has 2 aromatic heterocycles. The summed E-state index contributed by atoms with van der Waals surface area (Å²) in [7, 11) is 0. The highest BCUT2D eigenvalue weighted by atomic mass is 35.5. The lowest BCUT2D eigenvalue weighted by Gasteiger charge is -2.34. The number of aromatic hydroxyl groups is 1. The predicted molar refractivity (Wildman–Crippen MR) is 157 cm³/mol. The lowest BCUT2D eigenvalue weighted by atomic mass is 9.95. The van der Waals surface area contributed by atoms with E-state index in [2.05, 4.69) is 32.0 Å². The Hall–Kier alpha value is -2.82. The van der Waals surface area contributed by atoms with Crippen molar-refractivity contribution in [2.45, 2.75) is 75.2 Å². The SMILES string of the molecule is CC1CC1c1c(Cl)cc(O)cc1-c1ncc2c(N3CC4CCC(C3)N4)nc(OC[C@@]34CCCN3C[C@H](F)C4)nc2c1F. The molecule has 8 nitrogen and oxygen atoms in total. The Balaban J connectivity index is 1.23. The second-order valence-electron chi connectivity index (χ2n) is 13.1. The topological polar surface area (TPSA) is 86.6 Å². The number of nitrogens with one attached hydrogen (secondary N) is 1. The molecule has 3 aromatic rings. The zero-order valence-corrected chi connectivity index (χ0v) is 24.4. The molecule has 6 atom stereocenters. The zero-order valence-electron chi connectivity index (χ0n) is 23.6. The van der Waals surface area contributed by atoms with Crippen LogP contribution in [0.15, 0.2) is 18.3 Å². The van der Waals surface area contributed by atoms with E-state index in [9.17, 15) is 9.50 Å². The molecular weight excluding hydrogens is 562 g/mol. The number of ether oxygens (including phenoxy) is 1. The molecule has 0 spiro atoms. The van der Waals surface area contributed by atoms with E-state index in [1.165, 1.54) is 6.07 Å². The minimum Gasteiger partial charge on any atom is -0.508 e. The fraction of sp³-hybridized carbons (Fsp3) is 0.581. The van der Waals surface area contributed by atoms with Gasteiger partial charge in [0.1, 0.15) is 35.6 Å². The van der Waals surface area contributed by atoms with Gasteiger partial charge in [0, 0.05) is 54.9 Å². The molecule has 6 heterocycles. The maximum atomic E-state index is 16.7. The van der Waals surface area contributed by atoms with Crippen LogP contribution in [0.25, 0.3) is 22.2 Å².